The molecule has 0 saturated carbocycles. The van der Waals surface area contributed by atoms with Gasteiger partial charge in [-0.1, -0.05) is 26.0 Å². The third kappa shape index (κ3) is 8.61. The van der Waals surface area contributed by atoms with Crippen LogP contribution in [0.5, 0.6) is 0 Å². The number of piperidine rings is 2. The molecular formula is C26H42N4O4. The Labute approximate surface area is 204 Å². The molecule has 2 rings (SSSR count). The number of unbranched alkanes of at least 4 members (excludes halogenated alkanes) is 3. The molecular weight excluding hydrogens is 432 g/mol. The van der Waals surface area contributed by atoms with Gasteiger partial charge in [0.15, 0.2) is 0 Å². The van der Waals surface area contributed by atoms with Gasteiger partial charge in [0.2, 0.25) is 23.6 Å². The first-order valence-electron chi connectivity index (χ1n) is 12.7. The van der Waals surface area contributed by atoms with E-state index in [-0.39, 0.29) is 35.5 Å². The standard InChI is InChI=1S/C26H42N4O4/c1-19(2)25(33)29-15-9-21(10-16-29)23(31)27-13-7-5-6-8-14-28-24(32)22-11-17-30(18-12-22)26(34)20(3)4/h21-22H,1,3,5-18H2,2,4H3,(H,27,31)(H,28,32). The molecule has 2 N–H and O–H groups in total. The lowest BCUT2D eigenvalue weighted by atomic mass is 9.95. The molecule has 190 valence electrons. The molecule has 34 heavy (non-hydrogen) atoms. The Morgan fingerprint density at radius 2 is 0.971 bits per heavy atom. The Morgan fingerprint density at radius 1 is 0.647 bits per heavy atom. The number of amides is 4. The summed E-state index contributed by atoms with van der Waals surface area (Å²) < 4.78 is 0. The average Bonchev–Trinajstić information content (AvgIpc) is 2.84. The fourth-order valence-corrected chi connectivity index (χ4v) is 4.54. The van der Waals surface area contributed by atoms with Crippen LogP contribution in [0.4, 0.5) is 0 Å². The predicted octanol–water partition coefficient (Wildman–Crippen LogP) is 2.41. The van der Waals surface area contributed by atoms with Crippen LogP contribution in [-0.2, 0) is 19.2 Å². The molecule has 0 atom stereocenters. The monoisotopic (exact) mass is 474 g/mol. The van der Waals surface area contributed by atoms with Crippen LogP contribution in [0.2, 0.25) is 0 Å². The van der Waals surface area contributed by atoms with E-state index >= 15 is 0 Å². The van der Waals surface area contributed by atoms with Crippen molar-refractivity contribution < 1.29 is 19.2 Å². The van der Waals surface area contributed by atoms with Crippen molar-refractivity contribution in [3.63, 3.8) is 0 Å². The zero-order valence-corrected chi connectivity index (χ0v) is 21.0. The zero-order chi connectivity index (χ0) is 25.1. The number of carbonyl (C=O) groups is 4. The van der Waals surface area contributed by atoms with Gasteiger partial charge in [-0.15, -0.1) is 0 Å². The van der Waals surface area contributed by atoms with Crippen molar-refractivity contribution >= 4 is 23.6 Å². The van der Waals surface area contributed by atoms with Crippen molar-refractivity contribution in [1.82, 2.24) is 20.4 Å². The Morgan fingerprint density at radius 3 is 1.26 bits per heavy atom. The second-order valence-electron chi connectivity index (χ2n) is 9.69. The molecule has 0 unspecified atom stereocenters. The number of hydrogen-bond donors (Lipinski definition) is 2. The van der Waals surface area contributed by atoms with Crippen LogP contribution >= 0.6 is 0 Å². The topological polar surface area (TPSA) is 98.8 Å². The van der Waals surface area contributed by atoms with Crippen LogP contribution in [0.25, 0.3) is 0 Å². The second kappa shape index (κ2) is 13.9. The van der Waals surface area contributed by atoms with Gasteiger partial charge in [-0.05, 0) is 52.4 Å². The molecule has 0 radical (unpaired) electrons. The predicted molar refractivity (Wildman–Crippen MR) is 133 cm³/mol. The van der Waals surface area contributed by atoms with Gasteiger partial charge in [-0.3, -0.25) is 19.2 Å². The molecule has 2 heterocycles. The van der Waals surface area contributed by atoms with E-state index in [1.165, 1.54) is 0 Å². The van der Waals surface area contributed by atoms with Gasteiger partial charge in [0.05, 0.1) is 0 Å². The van der Waals surface area contributed by atoms with E-state index in [9.17, 15) is 19.2 Å². The maximum Gasteiger partial charge on any atom is 0.248 e. The minimum atomic E-state index is -0.0184. The number of likely N-dealkylation sites (tertiary alicyclic amines) is 2. The fourth-order valence-electron chi connectivity index (χ4n) is 4.54. The molecule has 0 aromatic carbocycles. The van der Waals surface area contributed by atoms with E-state index in [1.54, 1.807) is 23.6 Å². The highest BCUT2D eigenvalue weighted by Gasteiger charge is 2.28. The van der Waals surface area contributed by atoms with E-state index in [0.29, 0.717) is 76.1 Å². The summed E-state index contributed by atoms with van der Waals surface area (Å²) in [5.74, 6) is 0.104. The minimum Gasteiger partial charge on any atom is -0.356 e. The molecule has 4 amide bonds. The van der Waals surface area contributed by atoms with E-state index in [4.69, 9.17) is 0 Å². The molecule has 2 fully saturated rings. The van der Waals surface area contributed by atoms with Gasteiger partial charge in [0.25, 0.3) is 0 Å². The fraction of sp³-hybridized carbons (Fsp3) is 0.692. The Kier molecular flexibility index (Phi) is 11.3. The van der Waals surface area contributed by atoms with Crippen LogP contribution < -0.4 is 10.6 Å². The minimum absolute atomic E-state index is 0.0180. The van der Waals surface area contributed by atoms with E-state index < -0.39 is 0 Å². The summed E-state index contributed by atoms with van der Waals surface area (Å²) in [4.78, 5) is 52.2. The molecule has 0 aliphatic carbocycles. The summed E-state index contributed by atoms with van der Waals surface area (Å²) in [5.41, 5.74) is 1.08. The molecule has 2 aliphatic heterocycles. The van der Waals surface area contributed by atoms with Gasteiger partial charge < -0.3 is 20.4 Å². The van der Waals surface area contributed by atoms with Gasteiger partial charge >= 0.3 is 0 Å². The molecule has 8 heteroatoms. The van der Waals surface area contributed by atoms with Crippen LogP contribution in [0, 0.1) is 11.8 Å². The molecule has 8 nitrogen and oxygen atoms in total. The molecule has 0 bridgehead atoms. The van der Waals surface area contributed by atoms with Crippen LogP contribution in [-0.4, -0.2) is 72.7 Å². The van der Waals surface area contributed by atoms with Gasteiger partial charge in [-0.25, -0.2) is 0 Å². The summed E-state index contributed by atoms with van der Waals surface area (Å²) in [7, 11) is 0. The van der Waals surface area contributed by atoms with E-state index in [2.05, 4.69) is 23.8 Å². The first kappa shape index (κ1) is 27.6. The quantitative estimate of drug-likeness (QED) is 0.355. The van der Waals surface area contributed by atoms with Crippen molar-refractivity contribution in [2.24, 2.45) is 11.8 Å². The molecule has 0 aromatic heterocycles. The van der Waals surface area contributed by atoms with E-state index in [1.807, 2.05) is 0 Å². The molecule has 2 saturated heterocycles. The lowest BCUT2D eigenvalue weighted by molar-refractivity contribution is -0.132. The molecule has 0 aromatic rings. The van der Waals surface area contributed by atoms with Crippen molar-refractivity contribution in [2.45, 2.75) is 65.2 Å². The Bertz CT molecular complexity index is 699. The summed E-state index contributed by atoms with van der Waals surface area (Å²) in [6.45, 7) is 14.6. The van der Waals surface area contributed by atoms with E-state index in [0.717, 1.165) is 25.7 Å². The lowest BCUT2D eigenvalue weighted by Crippen LogP contribution is -2.43. The first-order chi connectivity index (χ1) is 16.2. The Hall–Kier alpha value is -2.64. The number of rotatable bonds is 11. The third-order valence-electron chi connectivity index (χ3n) is 6.74. The molecule has 0 spiro atoms. The van der Waals surface area contributed by atoms with Gasteiger partial charge in [0, 0.05) is 62.3 Å². The lowest BCUT2D eigenvalue weighted by Gasteiger charge is -2.31. The summed E-state index contributed by atoms with van der Waals surface area (Å²) >= 11 is 0. The number of nitrogens with zero attached hydrogens (tertiary/aromatic N) is 2. The summed E-state index contributed by atoms with van der Waals surface area (Å²) in [6.07, 6.45) is 6.65. The number of nitrogens with one attached hydrogen (secondary N) is 2. The van der Waals surface area contributed by atoms with Crippen molar-refractivity contribution in [1.29, 1.82) is 0 Å². The normalized spacial score (nSPS) is 17.2. The van der Waals surface area contributed by atoms with Crippen molar-refractivity contribution in [3.8, 4) is 0 Å². The van der Waals surface area contributed by atoms with Crippen LogP contribution in [0.15, 0.2) is 24.3 Å². The van der Waals surface area contributed by atoms with Gasteiger partial charge in [-0.2, -0.15) is 0 Å². The van der Waals surface area contributed by atoms with Gasteiger partial charge in [0.1, 0.15) is 0 Å². The average molecular weight is 475 g/mol. The summed E-state index contributed by atoms with van der Waals surface area (Å²) in [6, 6.07) is 0. The third-order valence-corrected chi connectivity index (χ3v) is 6.74. The highest BCUT2D eigenvalue weighted by Crippen LogP contribution is 2.19. The second-order valence-corrected chi connectivity index (χ2v) is 9.69. The largest absolute Gasteiger partial charge is 0.356 e. The maximum absolute atomic E-state index is 12.4. The highest BCUT2D eigenvalue weighted by atomic mass is 16.2. The van der Waals surface area contributed by atoms with Crippen molar-refractivity contribution in [2.75, 3.05) is 39.3 Å². The zero-order valence-electron chi connectivity index (χ0n) is 21.0. The highest BCUT2D eigenvalue weighted by molar-refractivity contribution is 5.93. The Balaban J connectivity index is 1.47. The maximum atomic E-state index is 12.4. The van der Waals surface area contributed by atoms with Crippen LogP contribution in [0.3, 0.4) is 0 Å². The number of carbonyl (C=O) groups excluding carboxylic acids is 4. The molecule has 2 aliphatic rings. The number of hydrogen-bond acceptors (Lipinski definition) is 4. The van der Waals surface area contributed by atoms with Crippen molar-refractivity contribution in [3.05, 3.63) is 24.3 Å². The SMILES string of the molecule is C=C(C)C(=O)N1CCC(C(=O)NCCCCCCNC(=O)C2CCN(C(=O)C(=C)C)CC2)CC1. The smallest absolute Gasteiger partial charge is 0.248 e. The van der Waals surface area contributed by atoms with Crippen LogP contribution in [0.1, 0.15) is 65.2 Å². The summed E-state index contributed by atoms with van der Waals surface area (Å²) in [5, 5.41) is 6.05. The first-order valence-corrected chi connectivity index (χ1v) is 12.7.